The van der Waals surface area contributed by atoms with Crippen LogP contribution in [0, 0.1) is 5.92 Å². The van der Waals surface area contributed by atoms with E-state index in [0.29, 0.717) is 6.42 Å². The summed E-state index contributed by atoms with van der Waals surface area (Å²) < 4.78 is 10.3. The summed E-state index contributed by atoms with van der Waals surface area (Å²) in [6.45, 7) is 9.28. The Morgan fingerprint density at radius 1 is 1.52 bits per heavy atom. The van der Waals surface area contributed by atoms with E-state index in [0.717, 1.165) is 0 Å². The first kappa shape index (κ1) is 17.8. The molecule has 0 aliphatic carbocycles. The van der Waals surface area contributed by atoms with Crippen LogP contribution in [-0.4, -0.2) is 40.3 Å². The van der Waals surface area contributed by atoms with E-state index in [4.69, 9.17) is 21.7 Å². The monoisotopic (exact) mass is 317 g/mol. The number of hydrogen-bond acceptors (Lipinski definition) is 6. The van der Waals surface area contributed by atoms with Crippen LogP contribution in [0.15, 0.2) is 10.2 Å². The van der Waals surface area contributed by atoms with E-state index in [-0.39, 0.29) is 11.1 Å². The molecule has 3 atom stereocenters. The number of alkyl carbamates (subject to hydrolysis) is 1. The zero-order valence-corrected chi connectivity index (χ0v) is 13.8. The van der Waals surface area contributed by atoms with Crippen molar-refractivity contribution in [3.63, 3.8) is 0 Å². The Bertz CT molecular complexity index is 420. The van der Waals surface area contributed by atoms with Crippen molar-refractivity contribution in [1.82, 2.24) is 5.32 Å². The molecule has 0 aromatic heterocycles. The Morgan fingerprint density at radius 2 is 2.14 bits per heavy atom. The van der Waals surface area contributed by atoms with Crippen LogP contribution in [0.25, 0.3) is 0 Å². The maximum absolute atomic E-state index is 11.9. The fourth-order valence-corrected chi connectivity index (χ4v) is 1.99. The van der Waals surface area contributed by atoms with E-state index < -0.39 is 30.1 Å². The average molecular weight is 317 g/mol. The molecule has 1 amide bonds. The van der Waals surface area contributed by atoms with E-state index in [9.17, 15) is 9.90 Å². The third-order valence-corrected chi connectivity index (χ3v) is 2.78. The van der Waals surface area contributed by atoms with Crippen LogP contribution in [0.4, 0.5) is 4.79 Å². The number of nitrogens with one attached hydrogen (secondary N) is 1. The molecule has 0 fully saturated rings. The summed E-state index contributed by atoms with van der Waals surface area (Å²) in [5.74, 6) is 0.255. The molecule has 0 spiro atoms. The van der Waals surface area contributed by atoms with E-state index in [1.54, 1.807) is 20.8 Å². The van der Waals surface area contributed by atoms with E-state index in [1.807, 2.05) is 13.8 Å². The molecule has 0 saturated carbocycles. The highest BCUT2D eigenvalue weighted by atomic mass is 32.1. The number of aliphatic hydroxyl groups excluding tert-OH is 1. The normalized spacial score (nSPS) is 21.1. The van der Waals surface area contributed by atoms with Crippen LogP contribution in [-0.2, 0) is 9.47 Å². The minimum absolute atomic E-state index is 0.0142. The van der Waals surface area contributed by atoms with Crippen LogP contribution in [0.2, 0.25) is 0 Å². The summed E-state index contributed by atoms with van der Waals surface area (Å²) in [7, 11) is 0. The van der Waals surface area contributed by atoms with Gasteiger partial charge < -0.3 is 19.9 Å². The lowest BCUT2D eigenvalue weighted by Crippen LogP contribution is -2.50. The van der Waals surface area contributed by atoms with Crippen molar-refractivity contribution in [1.29, 1.82) is 0 Å². The fourth-order valence-electron chi connectivity index (χ4n) is 1.84. The van der Waals surface area contributed by atoms with Gasteiger partial charge in [0.15, 0.2) is 0 Å². The zero-order chi connectivity index (χ0) is 16.2. The summed E-state index contributed by atoms with van der Waals surface area (Å²) in [5.41, 5.74) is -0.609. The van der Waals surface area contributed by atoms with Crippen molar-refractivity contribution in [3.8, 4) is 0 Å². The van der Waals surface area contributed by atoms with Crippen LogP contribution in [0.1, 0.15) is 41.0 Å². The number of thiocarbonyl (C=S) groups is 1. The lowest BCUT2D eigenvalue weighted by atomic mass is 9.98. The molecule has 0 saturated heterocycles. The second kappa shape index (κ2) is 7.13. The Balaban J connectivity index is 2.69. The molecule has 8 heteroatoms. The first-order valence-electron chi connectivity index (χ1n) is 6.87. The summed E-state index contributed by atoms with van der Waals surface area (Å²) >= 11 is 4.74. The average Bonchev–Trinajstić information content (AvgIpc) is 2.70. The van der Waals surface area contributed by atoms with Gasteiger partial charge in [-0.1, -0.05) is 13.8 Å². The number of ether oxygens (including phenoxy) is 2. The van der Waals surface area contributed by atoms with Crippen molar-refractivity contribution in [2.75, 3.05) is 0 Å². The lowest BCUT2D eigenvalue weighted by molar-refractivity contribution is 0.00328. The van der Waals surface area contributed by atoms with E-state index in [1.165, 1.54) is 0 Å². The van der Waals surface area contributed by atoms with Gasteiger partial charge in [-0.05, 0) is 45.3 Å². The number of carbonyl (C=O) groups excluding carboxylic acids is 1. The molecular weight excluding hydrogens is 294 g/mol. The second-order valence-electron chi connectivity index (χ2n) is 6.36. The molecule has 0 bridgehead atoms. The lowest BCUT2D eigenvalue weighted by Gasteiger charge is -2.28. The molecular formula is C13H23N3O4S. The predicted molar refractivity (Wildman–Crippen MR) is 80.9 cm³/mol. The number of rotatable bonds is 5. The Labute approximate surface area is 130 Å². The number of hydrogen-bond donors (Lipinski definition) is 2. The summed E-state index contributed by atoms with van der Waals surface area (Å²) in [6.07, 6.45) is -1.99. The zero-order valence-electron chi connectivity index (χ0n) is 13.0. The summed E-state index contributed by atoms with van der Waals surface area (Å²) in [4.78, 5) is 11.9. The van der Waals surface area contributed by atoms with Crippen LogP contribution in [0.5, 0.6) is 0 Å². The van der Waals surface area contributed by atoms with Gasteiger partial charge in [-0.15, -0.1) is 10.2 Å². The number of nitrogens with zero attached hydrogens (tertiary/aromatic N) is 2. The topological polar surface area (TPSA) is 92.5 Å². The predicted octanol–water partition coefficient (Wildman–Crippen LogP) is 2.38. The van der Waals surface area contributed by atoms with Crippen molar-refractivity contribution < 1.29 is 19.4 Å². The highest BCUT2D eigenvalue weighted by Crippen LogP contribution is 2.19. The maximum atomic E-state index is 11.9. The molecule has 2 unspecified atom stereocenters. The van der Waals surface area contributed by atoms with Gasteiger partial charge in [-0.3, -0.25) is 0 Å². The van der Waals surface area contributed by atoms with Crippen molar-refractivity contribution >= 4 is 23.5 Å². The third-order valence-electron chi connectivity index (χ3n) is 2.61. The molecule has 2 N–H and O–H groups in total. The van der Waals surface area contributed by atoms with Gasteiger partial charge in [0, 0.05) is 0 Å². The largest absolute Gasteiger partial charge is 0.444 e. The minimum atomic E-state index is -1.05. The standard InChI is InChI=1S/C13H23N3O4S/c1-7(2)6-8(14-11(18)20-13(3,4)5)9(17)10-15-16-12(21)19-10/h7-10,17H,6H2,1-5H3,(H,14,18)/t8-,9?,10?/m0/s1. The van der Waals surface area contributed by atoms with Crippen LogP contribution < -0.4 is 5.32 Å². The highest BCUT2D eigenvalue weighted by Gasteiger charge is 2.35. The number of amides is 1. The SMILES string of the molecule is CC(C)C[C@H](NC(=O)OC(C)(C)C)C(O)C1N=NC(=S)O1. The van der Waals surface area contributed by atoms with Crippen molar-refractivity contribution in [2.24, 2.45) is 16.1 Å². The van der Waals surface area contributed by atoms with Gasteiger partial charge in [0.2, 0.25) is 6.23 Å². The molecule has 1 rings (SSSR count). The number of carbonyl (C=O) groups is 1. The number of aliphatic hydroxyl groups is 1. The number of azo groups is 1. The van der Waals surface area contributed by atoms with E-state index in [2.05, 4.69) is 15.5 Å². The van der Waals surface area contributed by atoms with Crippen molar-refractivity contribution in [3.05, 3.63) is 0 Å². The van der Waals surface area contributed by atoms with Gasteiger partial charge in [0.1, 0.15) is 11.7 Å². The first-order valence-corrected chi connectivity index (χ1v) is 7.28. The molecule has 21 heavy (non-hydrogen) atoms. The van der Waals surface area contributed by atoms with Crippen LogP contribution in [0.3, 0.4) is 0 Å². The Morgan fingerprint density at radius 3 is 2.57 bits per heavy atom. The molecule has 1 aliphatic rings. The van der Waals surface area contributed by atoms with Gasteiger partial charge in [0.25, 0.3) is 0 Å². The smallest absolute Gasteiger partial charge is 0.407 e. The molecule has 1 heterocycles. The molecule has 120 valence electrons. The van der Waals surface area contributed by atoms with Gasteiger partial charge in [-0.2, -0.15) is 0 Å². The summed E-state index contributed by atoms with van der Waals surface area (Å²) in [5, 5.41) is 20.3. The van der Waals surface area contributed by atoms with Crippen molar-refractivity contribution in [2.45, 2.75) is 65.0 Å². The summed E-state index contributed by atoms with van der Waals surface area (Å²) in [6, 6.07) is -0.565. The van der Waals surface area contributed by atoms with Gasteiger partial charge >= 0.3 is 11.3 Å². The minimum Gasteiger partial charge on any atom is -0.444 e. The molecule has 0 aromatic rings. The quantitative estimate of drug-likeness (QED) is 0.759. The highest BCUT2D eigenvalue weighted by molar-refractivity contribution is 7.80. The van der Waals surface area contributed by atoms with Gasteiger partial charge in [-0.25, -0.2) is 4.79 Å². The molecule has 1 aliphatic heterocycles. The Kier molecular flexibility index (Phi) is 6.03. The molecule has 0 radical (unpaired) electrons. The Hall–Kier alpha value is -1.28. The fraction of sp³-hybridized carbons (Fsp3) is 0.846. The second-order valence-corrected chi connectivity index (χ2v) is 6.71. The van der Waals surface area contributed by atoms with Gasteiger partial charge in [0.05, 0.1) is 6.04 Å². The molecule has 0 aromatic carbocycles. The molecule has 7 nitrogen and oxygen atoms in total. The van der Waals surface area contributed by atoms with E-state index >= 15 is 0 Å². The third kappa shape index (κ3) is 6.34. The van der Waals surface area contributed by atoms with Crippen LogP contribution >= 0.6 is 12.2 Å². The maximum Gasteiger partial charge on any atom is 0.407 e. The first-order chi connectivity index (χ1) is 9.58.